The Kier molecular flexibility index (Phi) is 10.1. The first-order valence-electron chi connectivity index (χ1n) is 14.1. The molecule has 2 aliphatic heterocycles. The molecule has 10 nitrogen and oxygen atoms in total. The smallest absolute Gasteiger partial charge is 0.338 e. The third-order valence-corrected chi connectivity index (χ3v) is 7.43. The lowest BCUT2D eigenvalue weighted by atomic mass is 9.81. The number of carbonyl (C=O) groups is 2. The van der Waals surface area contributed by atoms with Crippen LogP contribution in [0.1, 0.15) is 63.0 Å². The summed E-state index contributed by atoms with van der Waals surface area (Å²) in [6.07, 6.45) is 4.03. The summed E-state index contributed by atoms with van der Waals surface area (Å²) < 4.78 is 11.5. The molecule has 10 heteroatoms. The van der Waals surface area contributed by atoms with Gasteiger partial charge in [-0.1, -0.05) is 68.7 Å². The Labute approximate surface area is 240 Å². The molecule has 0 bridgehead atoms. The molecule has 218 valence electrons. The molecule has 0 spiro atoms. The van der Waals surface area contributed by atoms with Crippen molar-refractivity contribution in [2.24, 2.45) is 5.73 Å². The van der Waals surface area contributed by atoms with E-state index < -0.39 is 22.8 Å². The number of nitro benzene ring substituents is 1. The topological polar surface area (TPSA) is 137 Å². The van der Waals surface area contributed by atoms with Crippen molar-refractivity contribution in [3.05, 3.63) is 98.5 Å². The number of carbonyl (C=O) groups excluding carboxylic acids is 2. The summed E-state index contributed by atoms with van der Waals surface area (Å²) in [5.41, 5.74) is 8.38. The van der Waals surface area contributed by atoms with Gasteiger partial charge in [-0.15, -0.1) is 0 Å². The molecule has 1 saturated heterocycles. The summed E-state index contributed by atoms with van der Waals surface area (Å²) in [6, 6.07) is 15.9. The van der Waals surface area contributed by atoms with Gasteiger partial charge < -0.3 is 20.5 Å². The maximum Gasteiger partial charge on any atom is 0.338 e. The molecule has 0 amide bonds. The van der Waals surface area contributed by atoms with Crippen LogP contribution in [0.4, 0.5) is 5.69 Å². The van der Waals surface area contributed by atoms with Crippen molar-refractivity contribution in [2.75, 3.05) is 19.7 Å². The second-order valence-corrected chi connectivity index (χ2v) is 10.5. The maximum absolute atomic E-state index is 13.7. The summed E-state index contributed by atoms with van der Waals surface area (Å²) in [6.45, 7) is 6.07. The van der Waals surface area contributed by atoms with E-state index in [1.165, 1.54) is 23.8 Å². The van der Waals surface area contributed by atoms with Gasteiger partial charge in [-0.3, -0.25) is 15.0 Å². The summed E-state index contributed by atoms with van der Waals surface area (Å²) in [5, 5.41) is 14.5. The number of ether oxygens (including phenoxy) is 2. The zero-order chi connectivity index (χ0) is 29.4. The van der Waals surface area contributed by atoms with Crippen LogP contribution in [0.2, 0.25) is 0 Å². The van der Waals surface area contributed by atoms with Gasteiger partial charge in [0.15, 0.2) is 0 Å². The van der Waals surface area contributed by atoms with Crippen molar-refractivity contribution in [3.63, 3.8) is 0 Å². The molecule has 1 fully saturated rings. The number of nitrogens with two attached hydrogens (primary N) is 1. The molecule has 2 aromatic rings. The number of likely N-dealkylation sites (tertiary alicyclic amines) is 1. The van der Waals surface area contributed by atoms with E-state index in [1.54, 1.807) is 13.0 Å². The van der Waals surface area contributed by atoms with Crippen molar-refractivity contribution in [3.8, 4) is 0 Å². The number of esters is 2. The number of nitrogens with one attached hydrogen (secondary N) is 1. The second-order valence-electron chi connectivity index (χ2n) is 10.5. The number of rotatable bonds is 12. The number of hydrogen-bond acceptors (Lipinski definition) is 9. The van der Waals surface area contributed by atoms with Crippen LogP contribution in [0, 0.1) is 10.1 Å². The number of unbranched alkanes of at least 4 members (excludes halogenated alkanes) is 3. The maximum atomic E-state index is 13.7. The van der Waals surface area contributed by atoms with Crippen molar-refractivity contribution in [1.82, 2.24) is 10.2 Å². The summed E-state index contributed by atoms with van der Waals surface area (Å²) in [5.74, 6) is -2.22. The van der Waals surface area contributed by atoms with Gasteiger partial charge in [0.1, 0.15) is 11.9 Å². The highest BCUT2D eigenvalue weighted by Gasteiger charge is 2.40. The number of hydrogen-bond donors (Lipinski definition) is 2. The van der Waals surface area contributed by atoms with Gasteiger partial charge in [-0.05, 0) is 30.9 Å². The zero-order valence-corrected chi connectivity index (χ0v) is 23.6. The lowest BCUT2D eigenvalue weighted by Gasteiger charge is -2.30. The first kappa shape index (κ1) is 29.8. The average Bonchev–Trinajstić information content (AvgIpc) is 3.39. The quantitative estimate of drug-likeness (QED) is 0.164. The number of dihydropyridines is 1. The van der Waals surface area contributed by atoms with Gasteiger partial charge in [0.25, 0.3) is 5.69 Å². The fourth-order valence-corrected chi connectivity index (χ4v) is 5.37. The molecular weight excluding hydrogens is 524 g/mol. The Bertz CT molecular complexity index is 1320. The molecule has 4 rings (SSSR count). The number of benzene rings is 2. The molecule has 0 saturated carbocycles. The number of nitrogens with zero attached hydrogens (tertiary/aromatic N) is 2. The van der Waals surface area contributed by atoms with Crippen molar-refractivity contribution in [1.29, 1.82) is 0 Å². The van der Waals surface area contributed by atoms with Crippen LogP contribution in [0.3, 0.4) is 0 Å². The van der Waals surface area contributed by atoms with Crippen molar-refractivity contribution >= 4 is 17.6 Å². The van der Waals surface area contributed by atoms with Crippen LogP contribution in [0.25, 0.3) is 0 Å². The highest BCUT2D eigenvalue weighted by atomic mass is 16.6. The Hall–Kier alpha value is -4.18. The second kappa shape index (κ2) is 13.9. The van der Waals surface area contributed by atoms with Crippen molar-refractivity contribution in [2.45, 2.75) is 64.5 Å². The van der Waals surface area contributed by atoms with Crippen LogP contribution in [-0.4, -0.2) is 47.6 Å². The first-order valence-corrected chi connectivity index (χ1v) is 14.1. The Morgan fingerprint density at radius 1 is 1.07 bits per heavy atom. The standard InChI is InChI=1S/C31H38N4O6/c1-3-4-5-9-17-40-30(36)26-21(2)33-29(32)28(27(26)23-13-10-14-24(18-23)35(38)39)31(37)41-25-15-16-34(20-25)19-22-11-7-6-8-12-22/h6-8,10-14,18,25,27,33H,3-5,9,15-17,19-20,32H2,1-2H3. The van der Waals surface area contributed by atoms with Gasteiger partial charge in [-0.25, -0.2) is 9.59 Å². The first-order chi connectivity index (χ1) is 19.8. The zero-order valence-electron chi connectivity index (χ0n) is 23.6. The van der Waals surface area contributed by atoms with Gasteiger partial charge in [0.05, 0.1) is 28.6 Å². The molecule has 2 aliphatic rings. The summed E-state index contributed by atoms with van der Waals surface area (Å²) in [7, 11) is 0. The van der Waals surface area contributed by atoms with E-state index in [9.17, 15) is 19.7 Å². The summed E-state index contributed by atoms with van der Waals surface area (Å²) in [4.78, 5) is 40.4. The molecule has 2 atom stereocenters. The molecule has 0 aliphatic carbocycles. The van der Waals surface area contributed by atoms with Crippen molar-refractivity contribution < 1.29 is 24.0 Å². The predicted octanol–water partition coefficient (Wildman–Crippen LogP) is 4.67. The predicted molar refractivity (Wildman–Crippen MR) is 154 cm³/mol. The average molecular weight is 563 g/mol. The monoisotopic (exact) mass is 562 g/mol. The normalized spacial score (nSPS) is 19.2. The van der Waals surface area contributed by atoms with Crippen LogP contribution < -0.4 is 11.1 Å². The third kappa shape index (κ3) is 7.52. The fraction of sp³-hybridized carbons (Fsp3) is 0.419. The minimum absolute atomic E-state index is 0.0375. The Morgan fingerprint density at radius 3 is 2.59 bits per heavy atom. The molecule has 0 aromatic heterocycles. The van der Waals surface area contributed by atoms with Gasteiger partial charge in [0.2, 0.25) is 0 Å². The van der Waals surface area contributed by atoms with Crippen LogP contribution in [0.5, 0.6) is 0 Å². The molecule has 41 heavy (non-hydrogen) atoms. The van der Waals surface area contributed by atoms with E-state index in [0.717, 1.165) is 38.8 Å². The largest absolute Gasteiger partial charge is 0.462 e. The minimum Gasteiger partial charge on any atom is -0.462 e. The van der Waals surface area contributed by atoms with Crippen LogP contribution >= 0.6 is 0 Å². The van der Waals surface area contributed by atoms with E-state index >= 15 is 0 Å². The minimum atomic E-state index is -0.992. The SMILES string of the molecule is CCCCCCOC(=O)C1=C(C)NC(N)=C(C(=O)OC2CCN(Cc3ccccc3)C2)C1c1cccc([N+](=O)[O-])c1. The number of non-ortho nitro benzene ring substituents is 1. The number of nitro groups is 1. The van der Waals surface area contributed by atoms with Crippen LogP contribution in [0.15, 0.2) is 77.3 Å². The van der Waals surface area contributed by atoms with Crippen LogP contribution in [-0.2, 0) is 25.6 Å². The molecule has 2 aromatic carbocycles. The fourth-order valence-electron chi connectivity index (χ4n) is 5.37. The Morgan fingerprint density at radius 2 is 1.85 bits per heavy atom. The van der Waals surface area contributed by atoms with E-state index in [-0.39, 0.29) is 35.4 Å². The lowest BCUT2D eigenvalue weighted by Crippen LogP contribution is -2.37. The van der Waals surface area contributed by atoms with Gasteiger partial charge in [0, 0.05) is 37.5 Å². The van der Waals surface area contributed by atoms with E-state index in [0.29, 0.717) is 24.2 Å². The lowest BCUT2D eigenvalue weighted by molar-refractivity contribution is -0.384. The highest BCUT2D eigenvalue weighted by Crippen LogP contribution is 2.39. The van der Waals surface area contributed by atoms with E-state index in [2.05, 4.69) is 29.3 Å². The van der Waals surface area contributed by atoms with E-state index in [4.69, 9.17) is 15.2 Å². The third-order valence-electron chi connectivity index (χ3n) is 7.43. The molecular formula is C31H38N4O6. The molecule has 0 radical (unpaired) electrons. The highest BCUT2D eigenvalue weighted by molar-refractivity contribution is 6.00. The van der Waals surface area contributed by atoms with Gasteiger partial charge in [-0.2, -0.15) is 0 Å². The molecule has 3 N–H and O–H groups in total. The molecule has 2 unspecified atom stereocenters. The van der Waals surface area contributed by atoms with Gasteiger partial charge >= 0.3 is 11.9 Å². The van der Waals surface area contributed by atoms with E-state index in [1.807, 2.05) is 18.2 Å². The molecule has 2 heterocycles. The summed E-state index contributed by atoms with van der Waals surface area (Å²) >= 11 is 0. The Balaban J connectivity index is 1.57. The number of allylic oxidation sites excluding steroid dienone is 1.